The van der Waals surface area contributed by atoms with E-state index < -0.39 is 0 Å². The molecule has 138 valence electrons. The molecule has 0 radical (unpaired) electrons. The number of amides is 1. The van der Waals surface area contributed by atoms with Crippen molar-refractivity contribution >= 4 is 17.5 Å². The molecule has 1 aliphatic heterocycles. The topological polar surface area (TPSA) is 92.1 Å². The minimum absolute atomic E-state index is 0.137. The average molecular weight is 385 g/mol. The molecule has 1 aliphatic rings. The minimum Gasteiger partial charge on any atom is -0.360 e. The van der Waals surface area contributed by atoms with Crippen molar-refractivity contribution in [3.8, 4) is 11.3 Å². The lowest BCUT2D eigenvalue weighted by Crippen LogP contribution is -2.39. The molecule has 0 bridgehead atoms. The Morgan fingerprint density at radius 1 is 1.30 bits per heavy atom. The van der Waals surface area contributed by atoms with Crippen molar-refractivity contribution < 1.29 is 9.32 Å². The fourth-order valence-corrected chi connectivity index (χ4v) is 3.58. The van der Waals surface area contributed by atoms with Gasteiger partial charge in [0.1, 0.15) is 22.8 Å². The SMILES string of the molecule is Cc1nc2c(c(=O)[nH]1)CCN(C(=O)c1c(-c3ccccc3Cl)noc1C)C2. The summed E-state index contributed by atoms with van der Waals surface area (Å²) >= 11 is 6.28. The second kappa shape index (κ2) is 6.66. The minimum atomic E-state index is -0.214. The van der Waals surface area contributed by atoms with Gasteiger partial charge < -0.3 is 14.4 Å². The summed E-state index contributed by atoms with van der Waals surface area (Å²) in [6.45, 7) is 4.12. The molecule has 0 saturated heterocycles. The zero-order valence-corrected chi connectivity index (χ0v) is 15.6. The molecule has 1 amide bonds. The predicted octanol–water partition coefficient (Wildman–Crippen LogP) is 2.89. The number of aryl methyl sites for hydroxylation is 2. The molecule has 0 fully saturated rings. The van der Waals surface area contributed by atoms with Crippen molar-refractivity contribution in [1.29, 1.82) is 0 Å². The van der Waals surface area contributed by atoms with Crippen molar-refractivity contribution in [2.75, 3.05) is 6.54 Å². The summed E-state index contributed by atoms with van der Waals surface area (Å²) in [5.41, 5.74) is 2.57. The van der Waals surface area contributed by atoms with Crippen LogP contribution in [0, 0.1) is 13.8 Å². The van der Waals surface area contributed by atoms with E-state index in [0.29, 0.717) is 57.7 Å². The molecule has 0 atom stereocenters. The quantitative estimate of drug-likeness (QED) is 0.733. The maximum Gasteiger partial charge on any atom is 0.260 e. The normalized spacial score (nSPS) is 13.5. The van der Waals surface area contributed by atoms with Gasteiger partial charge in [0.25, 0.3) is 11.5 Å². The van der Waals surface area contributed by atoms with Crippen molar-refractivity contribution in [1.82, 2.24) is 20.0 Å². The lowest BCUT2D eigenvalue weighted by atomic mass is 10.0. The highest BCUT2D eigenvalue weighted by Gasteiger charge is 2.30. The number of nitrogens with one attached hydrogen (secondary N) is 1. The average Bonchev–Trinajstić information content (AvgIpc) is 3.02. The first-order chi connectivity index (χ1) is 13.0. The van der Waals surface area contributed by atoms with Crippen LogP contribution in [-0.2, 0) is 13.0 Å². The van der Waals surface area contributed by atoms with Crippen LogP contribution in [0.15, 0.2) is 33.6 Å². The van der Waals surface area contributed by atoms with Crippen LogP contribution in [0.4, 0.5) is 0 Å². The maximum absolute atomic E-state index is 13.2. The second-order valence-electron chi connectivity index (χ2n) is 6.50. The number of halogens is 1. The van der Waals surface area contributed by atoms with Crippen molar-refractivity contribution in [3.05, 3.63) is 68.0 Å². The third-order valence-corrected chi connectivity index (χ3v) is 5.01. The third-order valence-electron chi connectivity index (χ3n) is 4.68. The number of nitrogens with zero attached hydrogens (tertiary/aromatic N) is 3. The van der Waals surface area contributed by atoms with Gasteiger partial charge >= 0.3 is 0 Å². The zero-order valence-electron chi connectivity index (χ0n) is 14.9. The van der Waals surface area contributed by atoms with Crippen LogP contribution in [0.5, 0.6) is 0 Å². The van der Waals surface area contributed by atoms with Gasteiger partial charge in [-0.25, -0.2) is 4.98 Å². The van der Waals surface area contributed by atoms with Crippen LogP contribution in [0.3, 0.4) is 0 Å². The zero-order chi connectivity index (χ0) is 19.1. The summed E-state index contributed by atoms with van der Waals surface area (Å²) in [7, 11) is 0. The van der Waals surface area contributed by atoms with Crippen LogP contribution in [0.2, 0.25) is 5.02 Å². The van der Waals surface area contributed by atoms with Crippen LogP contribution in [0.25, 0.3) is 11.3 Å². The molecule has 4 rings (SSSR count). The summed E-state index contributed by atoms with van der Waals surface area (Å²) in [5, 5.41) is 4.55. The highest BCUT2D eigenvalue weighted by molar-refractivity contribution is 6.33. The van der Waals surface area contributed by atoms with Gasteiger partial charge in [0.15, 0.2) is 0 Å². The van der Waals surface area contributed by atoms with E-state index in [-0.39, 0.29) is 18.0 Å². The Morgan fingerprint density at radius 2 is 2.07 bits per heavy atom. The molecule has 7 nitrogen and oxygen atoms in total. The molecule has 3 heterocycles. The Kier molecular flexibility index (Phi) is 4.31. The molecule has 0 aliphatic carbocycles. The Morgan fingerprint density at radius 3 is 2.85 bits per heavy atom. The molecule has 8 heteroatoms. The van der Waals surface area contributed by atoms with E-state index in [2.05, 4.69) is 15.1 Å². The van der Waals surface area contributed by atoms with Crippen LogP contribution in [0.1, 0.15) is 33.2 Å². The third kappa shape index (κ3) is 3.04. The van der Waals surface area contributed by atoms with Crippen LogP contribution < -0.4 is 5.56 Å². The highest BCUT2D eigenvalue weighted by Crippen LogP contribution is 2.32. The van der Waals surface area contributed by atoms with E-state index in [1.807, 2.05) is 12.1 Å². The molecule has 0 spiro atoms. The summed E-state index contributed by atoms with van der Waals surface area (Å²) in [4.78, 5) is 34.1. The van der Waals surface area contributed by atoms with Gasteiger partial charge in [-0.1, -0.05) is 35.0 Å². The molecule has 1 aromatic carbocycles. The molecule has 1 N–H and O–H groups in total. The number of aromatic nitrogens is 3. The Balaban J connectivity index is 1.72. The molecule has 0 saturated carbocycles. The van der Waals surface area contributed by atoms with Crippen molar-refractivity contribution in [3.63, 3.8) is 0 Å². The summed E-state index contributed by atoms with van der Waals surface area (Å²) < 4.78 is 5.30. The first-order valence-corrected chi connectivity index (χ1v) is 8.92. The Labute approximate surface area is 160 Å². The molecule has 0 unspecified atom stereocenters. The lowest BCUT2D eigenvalue weighted by molar-refractivity contribution is 0.0730. The van der Waals surface area contributed by atoms with Gasteiger partial charge in [-0.2, -0.15) is 0 Å². The number of H-pyrrole nitrogens is 1. The van der Waals surface area contributed by atoms with E-state index in [0.717, 1.165) is 0 Å². The van der Waals surface area contributed by atoms with Gasteiger partial charge in [0, 0.05) is 17.7 Å². The standard InChI is InChI=1S/C19H17ClN4O3/c1-10-16(17(23-27-10)12-5-3-4-6-14(12)20)19(26)24-8-7-13-15(9-24)21-11(2)22-18(13)25/h3-6H,7-9H2,1-2H3,(H,21,22,25). The monoisotopic (exact) mass is 384 g/mol. The van der Waals surface area contributed by atoms with Crippen LogP contribution >= 0.6 is 11.6 Å². The summed E-state index contributed by atoms with van der Waals surface area (Å²) in [6.07, 6.45) is 0.454. The fourth-order valence-electron chi connectivity index (χ4n) is 3.36. The number of carbonyl (C=O) groups is 1. The van der Waals surface area contributed by atoms with E-state index in [4.69, 9.17) is 16.1 Å². The number of hydrogen-bond acceptors (Lipinski definition) is 5. The number of fused-ring (bicyclic) bond motifs is 1. The molecular weight excluding hydrogens is 368 g/mol. The second-order valence-corrected chi connectivity index (χ2v) is 6.90. The van der Waals surface area contributed by atoms with Gasteiger partial charge in [-0.3, -0.25) is 9.59 Å². The van der Waals surface area contributed by atoms with E-state index in [1.54, 1.807) is 30.9 Å². The Hall–Kier alpha value is -2.93. The highest BCUT2D eigenvalue weighted by atomic mass is 35.5. The number of rotatable bonds is 2. The van der Waals surface area contributed by atoms with E-state index in [9.17, 15) is 9.59 Å². The molecule has 27 heavy (non-hydrogen) atoms. The molecule has 2 aromatic heterocycles. The molecule has 3 aromatic rings. The maximum atomic E-state index is 13.2. The first-order valence-electron chi connectivity index (χ1n) is 8.55. The number of aromatic amines is 1. The largest absolute Gasteiger partial charge is 0.360 e. The van der Waals surface area contributed by atoms with Gasteiger partial charge in [0.05, 0.1) is 17.3 Å². The van der Waals surface area contributed by atoms with Crippen molar-refractivity contribution in [2.45, 2.75) is 26.8 Å². The van der Waals surface area contributed by atoms with Crippen molar-refractivity contribution in [2.24, 2.45) is 0 Å². The number of hydrogen-bond donors (Lipinski definition) is 1. The van der Waals surface area contributed by atoms with Gasteiger partial charge in [0.2, 0.25) is 0 Å². The Bertz CT molecular complexity index is 1100. The van der Waals surface area contributed by atoms with Gasteiger partial charge in [-0.05, 0) is 26.3 Å². The van der Waals surface area contributed by atoms with E-state index in [1.165, 1.54) is 0 Å². The smallest absolute Gasteiger partial charge is 0.260 e. The number of carbonyl (C=O) groups excluding carboxylic acids is 1. The molecular formula is C19H17ClN4O3. The summed E-state index contributed by atoms with van der Waals surface area (Å²) in [5.74, 6) is 0.746. The van der Waals surface area contributed by atoms with E-state index >= 15 is 0 Å². The lowest BCUT2D eigenvalue weighted by Gasteiger charge is -2.27. The van der Waals surface area contributed by atoms with Crippen LogP contribution in [-0.4, -0.2) is 32.5 Å². The number of benzene rings is 1. The summed E-state index contributed by atoms with van der Waals surface area (Å²) in [6, 6.07) is 7.18. The van der Waals surface area contributed by atoms with Gasteiger partial charge in [-0.15, -0.1) is 0 Å². The predicted molar refractivity (Wildman–Crippen MR) is 99.7 cm³/mol. The first kappa shape index (κ1) is 17.5. The fraction of sp³-hybridized carbons (Fsp3) is 0.263.